The number of hydrogen-bond donors (Lipinski definition) is 2. The van der Waals surface area contributed by atoms with Crippen molar-refractivity contribution in [2.45, 2.75) is 12.3 Å². The summed E-state index contributed by atoms with van der Waals surface area (Å²) in [5.41, 5.74) is 0.382. The first-order valence-electron chi connectivity index (χ1n) is 9.33. The van der Waals surface area contributed by atoms with Gasteiger partial charge in [0.1, 0.15) is 0 Å². The highest BCUT2D eigenvalue weighted by Crippen LogP contribution is 2.30. The Balaban J connectivity index is 1.45. The van der Waals surface area contributed by atoms with Gasteiger partial charge in [-0.1, -0.05) is 12.1 Å². The molecule has 4 rings (SSSR count). The van der Waals surface area contributed by atoms with Gasteiger partial charge in [-0.15, -0.1) is 0 Å². The molecule has 7 nitrogen and oxygen atoms in total. The van der Waals surface area contributed by atoms with Crippen molar-refractivity contribution in [2.24, 2.45) is 0 Å². The fourth-order valence-electron chi connectivity index (χ4n) is 3.07. The molecule has 0 radical (unpaired) electrons. The molecule has 1 aromatic carbocycles. The van der Waals surface area contributed by atoms with Crippen molar-refractivity contribution >= 4 is 11.6 Å². The lowest BCUT2D eigenvalue weighted by atomic mass is 10.1. The van der Waals surface area contributed by atoms with Crippen molar-refractivity contribution in [3.8, 4) is 5.82 Å². The van der Waals surface area contributed by atoms with Crippen LogP contribution in [0.4, 0.5) is 23.2 Å². The van der Waals surface area contributed by atoms with Crippen molar-refractivity contribution in [2.75, 3.05) is 25.0 Å². The molecule has 0 aliphatic carbocycles. The molecule has 2 aromatic heterocycles. The molecule has 1 aliphatic rings. The number of halogens is 4. The molecular formula is C20H17F4N5O2. The number of nitrogens with one attached hydrogen (secondary N) is 2. The van der Waals surface area contributed by atoms with Crippen molar-refractivity contribution in [3.05, 3.63) is 71.4 Å². The summed E-state index contributed by atoms with van der Waals surface area (Å²) in [6.07, 6.45) is -1.90. The van der Waals surface area contributed by atoms with Gasteiger partial charge in [0, 0.05) is 31.2 Å². The lowest BCUT2D eigenvalue weighted by Crippen LogP contribution is -2.33. The maximum Gasteiger partial charge on any atom is 0.417 e. The Labute approximate surface area is 174 Å². The monoisotopic (exact) mass is 435 g/mol. The number of carbonyl (C=O) groups is 1. The van der Waals surface area contributed by atoms with Gasteiger partial charge in [0.2, 0.25) is 0 Å². The van der Waals surface area contributed by atoms with Gasteiger partial charge in [-0.3, -0.25) is 4.79 Å². The Morgan fingerprint density at radius 2 is 2.00 bits per heavy atom. The SMILES string of the molecule is O=C(Nc1ccc([C@H]2CNCCO2)cc1)c1cnn(-c2ncc(C(F)(F)F)cc2F)c1. The van der Waals surface area contributed by atoms with Crippen LogP contribution in [0.25, 0.3) is 5.82 Å². The van der Waals surface area contributed by atoms with Crippen LogP contribution < -0.4 is 10.6 Å². The topological polar surface area (TPSA) is 81.1 Å². The van der Waals surface area contributed by atoms with E-state index in [2.05, 4.69) is 20.7 Å². The minimum absolute atomic E-state index is 0.0529. The van der Waals surface area contributed by atoms with E-state index in [0.717, 1.165) is 16.8 Å². The number of morpholine rings is 1. The van der Waals surface area contributed by atoms with Gasteiger partial charge in [-0.25, -0.2) is 14.1 Å². The van der Waals surface area contributed by atoms with E-state index in [1.165, 1.54) is 12.4 Å². The second-order valence-electron chi connectivity index (χ2n) is 6.84. The first-order chi connectivity index (χ1) is 14.8. The summed E-state index contributed by atoms with van der Waals surface area (Å²) >= 11 is 0. The summed E-state index contributed by atoms with van der Waals surface area (Å²) in [6, 6.07) is 7.48. The van der Waals surface area contributed by atoms with E-state index >= 15 is 0 Å². The smallest absolute Gasteiger partial charge is 0.371 e. The number of pyridine rings is 1. The Morgan fingerprint density at radius 1 is 1.23 bits per heavy atom. The molecule has 0 bridgehead atoms. The van der Waals surface area contributed by atoms with Crippen LogP contribution in [0.15, 0.2) is 48.9 Å². The minimum Gasteiger partial charge on any atom is -0.371 e. The molecule has 3 heterocycles. The van der Waals surface area contributed by atoms with Crippen molar-refractivity contribution in [1.29, 1.82) is 0 Å². The predicted molar refractivity (Wildman–Crippen MR) is 102 cm³/mol. The second-order valence-corrected chi connectivity index (χ2v) is 6.84. The summed E-state index contributed by atoms with van der Waals surface area (Å²) < 4.78 is 58.6. The molecule has 1 fully saturated rings. The average Bonchev–Trinajstić information content (AvgIpc) is 3.24. The number of carbonyl (C=O) groups excluding carboxylic acids is 1. The number of anilines is 1. The van der Waals surface area contributed by atoms with E-state index in [0.29, 0.717) is 31.1 Å². The number of ether oxygens (including phenoxy) is 1. The summed E-state index contributed by atoms with van der Waals surface area (Å²) in [5.74, 6) is -2.17. The van der Waals surface area contributed by atoms with Crippen LogP contribution >= 0.6 is 0 Å². The predicted octanol–water partition coefficient (Wildman–Crippen LogP) is 3.34. The molecule has 1 saturated heterocycles. The molecule has 2 N–H and O–H groups in total. The van der Waals surface area contributed by atoms with E-state index in [4.69, 9.17) is 4.74 Å². The van der Waals surface area contributed by atoms with Gasteiger partial charge < -0.3 is 15.4 Å². The van der Waals surface area contributed by atoms with Gasteiger partial charge in [-0.05, 0) is 23.8 Å². The number of hydrogen-bond acceptors (Lipinski definition) is 5. The van der Waals surface area contributed by atoms with Crippen LogP contribution in [0.3, 0.4) is 0 Å². The Bertz CT molecular complexity index is 1080. The summed E-state index contributed by atoms with van der Waals surface area (Å²) in [6.45, 7) is 2.14. The molecular weight excluding hydrogens is 418 g/mol. The fourth-order valence-corrected chi connectivity index (χ4v) is 3.07. The van der Waals surface area contributed by atoms with Gasteiger partial charge in [0.05, 0.1) is 30.0 Å². The molecule has 3 aromatic rings. The quantitative estimate of drug-likeness (QED) is 0.615. The molecule has 1 aliphatic heterocycles. The molecule has 162 valence electrons. The Kier molecular flexibility index (Phi) is 5.70. The van der Waals surface area contributed by atoms with Crippen LogP contribution in [-0.4, -0.2) is 40.4 Å². The minimum atomic E-state index is -4.71. The first-order valence-corrected chi connectivity index (χ1v) is 9.33. The second kappa shape index (κ2) is 8.44. The number of amides is 1. The highest BCUT2D eigenvalue weighted by atomic mass is 19.4. The zero-order valence-electron chi connectivity index (χ0n) is 16.0. The van der Waals surface area contributed by atoms with Gasteiger partial charge in [0.25, 0.3) is 5.91 Å². The van der Waals surface area contributed by atoms with Crippen LogP contribution in [-0.2, 0) is 10.9 Å². The van der Waals surface area contributed by atoms with E-state index in [1.54, 1.807) is 12.1 Å². The zero-order chi connectivity index (χ0) is 22.0. The maximum atomic E-state index is 14.1. The van der Waals surface area contributed by atoms with Gasteiger partial charge in [0.15, 0.2) is 11.6 Å². The summed E-state index contributed by atoms with van der Waals surface area (Å²) in [7, 11) is 0. The first kappa shape index (κ1) is 20.9. The lowest BCUT2D eigenvalue weighted by Gasteiger charge is -2.24. The molecule has 11 heteroatoms. The number of aromatic nitrogens is 3. The highest BCUT2D eigenvalue weighted by Gasteiger charge is 2.32. The third kappa shape index (κ3) is 4.72. The molecule has 1 atom stereocenters. The van der Waals surface area contributed by atoms with Crippen LogP contribution in [0.1, 0.15) is 27.6 Å². The number of benzene rings is 1. The maximum absolute atomic E-state index is 14.1. The van der Waals surface area contributed by atoms with E-state index < -0.39 is 29.3 Å². The number of nitrogens with zero attached hydrogens (tertiary/aromatic N) is 3. The molecule has 0 saturated carbocycles. The Hall–Kier alpha value is -3.31. The van der Waals surface area contributed by atoms with Crippen LogP contribution in [0.5, 0.6) is 0 Å². The van der Waals surface area contributed by atoms with Crippen molar-refractivity contribution in [3.63, 3.8) is 0 Å². The van der Waals surface area contributed by atoms with Crippen LogP contribution in [0, 0.1) is 5.82 Å². The van der Waals surface area contributed by atoms with Crippen LogP contribution in [0.2, 0.25) is 0 Å². The van der Waals surface area contributed by atoms with E-state index in [1.807, 2.05) is 12.1 Å². The third-order valence-corrected chi connectivity index (χ3v) is 4.68. The molecule has 31 heavy (non-hydrogen) atoms. The fraction of sp³-hybridized carbons (Fsp3) is 0.250. The standard InChI is InChI=1S/C20H17F4N5O2/c21-16-7-14(20(22,23)24)9-26-18(16)29-11-13(8-27-29)19(30)28-15-3-1-12(2-4-15)17-10-25-5-6-31-17/h1-4,7-9,11,17,25H,5-6,10H2,(H,28,30)/t17-/m1/s1. The largest absolute Gasteiger partial charge is 0.417 e. The Morgan fingerprint density at radius 3 is 2.65 bits per heavy atom. The zero-order valence-corrected chi connectivity index (χ0v) is 16.0. The van der Waals surface area contributed by atoms with Crippen molar-refractivity contribution < 1.29 is 27.1 Å². The summed E-state index contributed by atoms with van der Waals surface area (Å²) in [5, 5.41) is 9.75. The summed E-state index contributed by atoms with van der Waals surface area (Å²) in [4.78, 5) is 15.9. The molecule has 1 amide bonds. The van der Waals surface area contributed by atoms with Gasteiger partial charge in [-0.2, -0.15) is 18.3 Å². The van der Waals surface area contributed by atoms with E-state index in [-0.39, 0.29) is 11.7 Å². The lowest BCUT2D eigenvalue weighted by molar-refractivity contribution is -0.138. The van der Waals surface area contributed by atoms with E-state index in [9.17, 15) is 22.4 Å². The highest BCUT2D eigenvalue weighted by molar-refractivity contribution is 6.03. The average molecular weight is 435 g/mol. The number of alkyl halides is 3. The van der Waals surface area contributed by atoms with Gasteiger partial charge >= 0.3 is 6.18 Å². The number of rotatable bonds is 4. The molecule has 0 spiro atoms. The normalized spacial score (nSPS) is 16.8. The third-order valence-electron chi connectivity index (χ3n) is 4.68. The molecule has 0 unspecified atom stereocenters. The van der Waals surface area contributed by atoms with Crippen molar-refractivity contribution in [1.82, 2.24) is 20.1 Å².